The summed E-state index contributed by atoms with van der Waals surface area (Å²) in [6.07, 6.45) is 3.94. The van der Waals surface area contributed by atoms with Gasteiger partial charge in [-0.15, -0.1) is 0 Å². The number of amides is 2. The molecule has 38 heavy (non-hydrogen) atoms. The molecule has 1 aromatic carbocycles. The first-order chi connectivity index (χ1) is 18.2. The van der Waals surface area contributed by atoms with Crippen LogP contribution in [0.1, 0.15) is 72.5 Å². The summed E-state index contributed by atoms with van der Waals surface area (Å²) in [7, 11) is 0. The molecule has 1 saturated carbocycles. The lowest BCUT2D eigenvalue weighted by atomic mass is 10.0. The van der Waals surface area contributed by atoms with Gasteiger partial charge in [0.15, 0.2) is 11.6 Å². The predicted molar refractivity (Wildman–Crippen MR) is 139 cm³/mol. The number of halogens is 2. The van der Waals surface area contributed by atoms with Crippen LogP contribution in [0.4, 0.5) is 14.6 Å². The first-order valence-electron chi connectivity index (χ1n) is 12.6. The minimum Gasteiger partial charge on any atom is -0.383 e. The number of hydrogen-bond donors (Lipinski definition) is 3. The van der Waals surface area contributed by atoms with E-state index in [4.69, 9.17) is 5.73 Å². The van der Waals surface area contributed by atoms with Gasteiger partial charge >= 0.3 is 0 Å². The van der Waals surface area contributed by atoms with Crippen molar-refractivity contribution in [1.82, 2.24) is 25.2 Å². The molecule has 10 heteroatoms. The van der Waals surface area contributed by atoms with Crippen LogP contribution in [0.15, 0.2) is 30.9 Å². The standard InChI is InChI=1S/C28H28F2N6O2/c1-4-21(37)36-13-17(12-14(36)2)26-34-25(31)23-22(20(33-27(23)35-26)11-10-16-8-9-16)28(38)32-15(3)18-6-5-7-19(29)24(18)30/h4-7,14-17H,1,8-9,12-13H2,2-3H3,(H,32,38)(H3,31,33,34,35)/t14-,15+,17+/m0/s1. The van der Waals surface area contributed by atoms with Crippen molar-refractivity contribution >= 4 is 28.7 Å². The fourth-order valence-electron chi connectivity index (χ4n) is 4.89. The Morgan fingerprint density at radius 2 is 2.08 bits per heavy atom. The van der Waals surface area contributed by atoms with Crippen LogP contribution in [0.5, 0.6) is 0 Å². The van der Waals surface area contributed by atoms with E-state index in [2.05, 4.69) is 38.7 Å². The number of carbonyl (C=O) groups is 2. The molecule has 3 aromatic rings. The fourth-order valence-corrected chi connectivity index (χ4v) is 4.89. The molecule has 2 aliphatic rings. The van der Waals surface area contributed by atoms with Crippen molar-refractivity contribution in [3.05, 3.63) is 65.1 Å². The molecule has 1 aliphatic heterocycles. The van der Waals surface area contributed by atoms with Crippen LogP contribution in [0.2, 0.25) is 0 Å². The van der Waals surface area contributed by atoms with Crippen molar-refractivity contribution in [2.24, 2.45) is 5.92 Å². The van der Waals surface area contributed by atoms with E-state index in [9.17, 15) is 18.4 Å². The molecule has 0 radical (unpaired) electrons. The van der Waals surface area contributed by atoms with Crippen LogP contribution in [-0.4, -0.2) is 44.3 Å². The third-order valence-electron chi connectivity index (χ3n) is 7.10. The summed E-state index contributed by atoms with van der Waals surface area (Å²) < 4.78 is 28.1. The minimum atomic E-state index is -1.02. The first kappa shape index (κ1) is 25.4. The van der Waals surface area contributed by atoms with E-state index in [0.29, 0.717) is 35.5 Å². The van der Waals surface area contributed by atoms with E-state index in [-0.39, 0.29) is 40.7 Å². The maximum atomic E-state index is 14.4. The molecule has 0 unspecified atom stereocenters. The van der Waals surface area contributed by atoms with Gasteiger partial charge in [0.1, 0.15) is 23.0 Å². The molecule has 3 heterocycles. The summed E-state index contributed by atoms with van der Waals surface area (Å²) in [6, 6.07) is 2.98. The molecule has 3 atom stereocenters. The second kappa shape index (κ2) is 9.89. The topological polar surface area (TPSA) is 117 Å². The monoisotopic (exact) mass is 518 g/mol. The summed E-state index contributed by atoms with van der Waals surface area (Å²) in [6.45, 7) is 7.51. The van der Waals surface area contributed by atoms with Crippen LogP contribution < -0.4 is 11.1 Å². The molecule has 196 valence electrons. The summed E-state index contributed by atoms with van der Waals surface area (Å²) in [5.74, 6) is 4.13. The van der Waals surface area contributed by atoms with Crippen molar-refractivity contribution in [1.29, 1.82) is 0 Å². The van der Waals surface area contributed by atoms with Crippen molar-refractivity contribution in [3.63, 3.8) is 0 Å². The number of nitrogens with zero attached hydrogens (tertiary/aromatic N) is 3. The maximum absolute atomic E-state index is 14.4. The van der Waals surface area contributed by atoms with Gasteiger partial charge in [0.05, 0.1) is 17.0 Å². The second-order valence-corrected chi connectivity index (χ2v) is 9.92. The molecule has 2 fully saturated rings. The molecule has 2 aromatic heterocycles. The zero-order valence-corrected chi connectivity index (χ0v) is 21.1. The van der Waals surface area contributed by atoms with Gasteiger partial charge in [0.25, 0.3) is 5.91 Å². The number of fused-ring (bicyclic) bond motifs is 1. The summed E-state index contributed by atoms with van der Waals surface area (Å²) in [5, 5.41) is 3.04. The predicted octanol–water partition coefficient (Wildman–Crippen LogP) is 3.96. The average molecular weight is 519 g/mol. The number of nitrogens with two attached hydrogens (primary N) is 1. The van der Waals surface area contributed by atoms with E-state index >= 15 is 0 Å². The highest BCUT2D eigenvalue weighted by molar-refractivity contribution is 6.11. The highest BCUT2D eigenvalue weighted by atomic mass is 19.2. The highest BCUT2D eigenvalue weighted by Gasteiger charge is 2.35. The second-order valence-electron chi connectivity index (χ2n) is 9.92. The fraction of sp³-hybridized carbons (Fsp3) is 0.357. The maximum Gasteiger partial charge on any atom is 0.255 e. The number of aromatic amines is 1. The Hall–Kier alpha value is -4.26. The van der Waals surface area contributed by atoms with E-state index in [1.54, 1.807) is 11.8 Å². The third kappa shape index (κ3) is 4.72. The van der Waals surface area contributed by atoms with E-state index < -0.39 is 23.6 Å². The van der Waals surface area contributed by atoms with Crippen molar-refractivity contribution in [2.75, 3.05) is 12.3 Å². The number of benzene rings is 1. The van der Waals surface area contributed by atoms with Gasteiger partial charge in [-0.05, 0) is 51.2 Å². The van der Waals surface area contributed by atoms with Crippen molar-refractivity contribution < 1.29 is 18.4 Å². The zero-order chi connectivity index (χ0) is 27.1. The number of anilines is 1. The summed E-state index contributed by atoms with van der Waals surface area (Å²) >= 11 is 0. The molecular weight excluding hydrogens is 490 g/mol. The lowest BCUT2D eigenvalue weighted by molar-refractivity contribution is -0.126. The van der Waals surface area contributed by atoms with Gasteiger partial charge in [-0.2, -0.15) is 0 Å². The van der Waals surface area contributed by atoms with Gasteiger partial charge in [0, 0.05) is 30.0 Å². The summed E-state index contributed by atoms with van der Waals surface area (Å²) in [5.41, 5.74) is 7.24. The largest absolute Gasteiger partial charge is 0.383 e. The summed E-state index contributed by atoms with van der Waals surface area (Å²) in [4.78, 5) is 39.7. The van der Waals surface area contributed by atoms with Crippen LogP contribution in [0.3, 0.4) is 0 Å². The third-order valence-corrected chi connectivity index (χ3v) is 7.10. The lowest BCUT2D eigenvalue weighted by Crippen LogP contribution is -2.32. The number of carbonyl (C=O) groups excluding carboxylic acids is 2. The van der Waals surface area contributed by atoms with Gasteiger partial charge in [-0.3, -0.25) is 9.59 Å². The van der Waals surface area contributed by atoms with Crippen LogP contribution >= 0.6 is 0 Å². The first-order valence-corrected chi connectivity index (χ1v) is 12.6. The Balaban J connectivity index is 1.52. The Morgan fingerprint density at radius 3 is 2.79 bits per heavy atom. The smallest absolute Gasteiger partial charge is 0.255 e. The number of rotatable bonds is 5. The molecule has 5 rings (SSSR count). The molecule has 1 saturated heterocycles. The van der Waals surface area contributed by atoms with Gasteiger partial charge in [-0.1, -0.05) is 24.6 Å². The molecule has 8 nitrogen and oxygen atoms in total. The lowest BCUT2D eigenvalue weighted by Gasteiger charge is -2.19. The van der Waals surface area contributed by atoms with Crippen LogP contribution in [-0.2, 0) is 4.79 Å². The number of likely N-dealkylation sites (tertiary alicyclic amines) is 1. The van der Waals surface area contributed by atoms with Crippen molar-refractivity contribution in [3.8, 4) is 11.8 Å². The molecule has 1 aliphatic carbocycles. The SMILES string of the molecule is C=CC(=O)N1C[C@H](c2nc(N)c3c(C(=O)N[C@H](C)c4cccc(F)c4F)c(C#CC4CC4)[nH]c3n2)C[C@@H]1C. The molecule has 4 N–H and O–H groups in total. The Labute approximate surface area is 218 Å². The quantitative estimate of drug-likeness (QED) is 0.349. The molecule has 2 amide bonds. The Bertz CT molecular complexity index is 1520. The molecule has 0 bridgehead atoms. The van der Waals surface area contributed by atoms with Gasteiger partial charge < -0.3 is 20.9 Å². The van der Waals surface area contributed by atoms with Gasteiger partial charge in [-0.25, -0.2) is 18.7 Å². The molecule has 0 spiro atoms. The van der Waals surface area contributed by atoms with Crippen LogP contribution in [0.25, 0.3) is 11.0 Å². The van der Waals surface area contributed by atoms with E-state index in [1.165, 1.54) is 18.2 Å². The molecular formula is C28H28F2N6O2. The van der Waals surface area contributed by atoms with E-state index in [1.807, 2.05) is 6.92 Å². The average Bonchev–Trinajstić information content (AvgIpc) is 3.52. The van der Waals surface area contributed by atoms with Gasteiger partial charge in [0.2, 0.25) is 5.91 Å². The highest BCUT2D eigenvalue weighted by Crippen LogP contribution is 2.34. The number of nitrogen functional groups attached to an aromatic ring is 1. The van der Waals surface area contributed by atoms with E-state index in [0.717, 1.165) is 18.9 Å². The number of hydrogen-bond acceptors (Lipinski definition) is 5. The van der Waals surface area contributed by atoms with Crippen molar-refractivity contribution in [2.45, 2.75) is 51.1 Å². The number of aromatic nitrogens is 3. The van der Waals surface area contributed by atoms with Crippen LogP contribution in [0, 0.1) is 29.4 Å². The Kier molecular flexibility index (Phi) is 6.61. The number of H-pyrrole nitrogens is 1. The number of nitrogens with one attached hydrogen (secondary N) is 2. The minimum absolute atomic E-state index is 0.0133. The normalized spacial score (nSPS) is 19.6. The Morgan fingerprint density at radius 1 is 1.32 bits per heavy atom. The zero-order valence-electron chi connectivity index (χ0n) is 21.1.